The molecule has 0 atom stereocenters. The number of hydrogen-bond acceptors (Lipinski definition) is 6. The minimum atomic E-state index is 0.639. The summed E-state index contributed by atoms with van der Waals surface area (Å²) in [5.41, 5.74) is 0.975. The minimum absolute atomic E-state index is 0.639. The van der Waals surface area contributed by atoms with Gasteiger partial charge in [0.15, 0.2) is 0 Å². The van der Waals surface area contributed by atoms with Crippen molar-refractivity contribution in [1.82, 2.24) is 15.0 Å². The Hall–Kier alpha value is -2.21. The highest BCUT2D eigenvalue weighted by atomic mass is 16.5. The SMILES string of the molecule is COCCCNc1cc(NCc2ccccn2)nc(C)n1. The summed E-state index contributed by atoms with van der Waals surface area (Å²) in [6.07, 6.45) is 2.72. The summed E-state index contributed by atoms with van der Waals surface area (Å²) in [5, 5.41) is 6.54. The van der Waals surface area contributed by atoms with Crippen LogP contribution in [0.25, 0.3) is 0 Å². The Bertz CT molecular complexity index is 547. The van der Waals surface area contributed by atoms with Crippen molar-refractivity contribution in [2.75, 3.05) is 30.9 Å². The van der Waals surface area contributed by atoms with Gasteiger partial charge in [0, 0.05) is 32.5 Å². The van der Waals surface area contributed by atoms with Gasteiger partial charge in [-0.2, -0.15) is 0 Å². The van der Waals surface area contributed by atoms with E-state index in [1.807, 2.05) is 31.2 Å². The average molecular weight is 287 g/mol. The lowest BCUT2D eigenvalue weighted by atomic mass is 10.3. The number of anilines is 2. The molecule has 0 aliphatic heterocycles. The predicted octanol–water partition coefficient (Wildman–Crippen LogP) is 2.24. The van der Waals surface area contributed by atoms with E-state index in [1.165, 1.54) is 0 Å². The van der Waals surface area contributed by atoms with Gasteiger partial charge in [0.05, 0.1) is 12.2 Å². The fraction of sp³-hybridized carbons (Fsp3) is 0.400. The molecule has 112 valence electrons. The molecule has 0 aromatic carbocycles. The van der Waals surface area contributed by atoms with Gasteiger partial charge in [-0.3, -0.25) is 4.98 Å². The molecule has 2 rings (SSSR count). The topological polar surface area (TPSA) is 72.0 Å². The molecule has 0 saturated carbocycles. The zero-order valence-corrected chi connectivity index (χ0v) is 12.5. The second kappa shape index (κ2) is 8.16. The number of rotatable bonds is 8. The third-order valence-corrected chi connectivity index (χ3v) is 2.85. The van der Waals surface area contributed by atoms with Crippen LogP contribution >= 0.6 is 0 Å². The zero-order valence-electron chi connectivity index (χ0n) is 12.5. The highest BCUT2D eigenvalue weighted by Crippen LogP contribution is 2.12. The molecule has 6 heteroatoms. The van der Waals surface area contributed by atoms with Gasteiger partial charge in [-0.15, -0.1) is 0 Å². The summed E-state index contributed by atoms with van der Waals surface area (Å²) in [6, 6.07) is 7.76. The van der Waals surface area contributed by atoms with Crippen molar-refractivity contribution in [2.24, 2.45) is 0 Å². The largest absolute Gasteiger partial charge is 0.385 e. The van der Waals surface area contributed by atoms with Crippen LogP contribution < -0.4 is 10.6 Å². The molecule has 2 aromatic rings. The third-order valence-electron chi connectivity index (χ3n) is 2.85. The number of nitrogens with one attached hydrogen (secondary N) is 2. The van der Waals surface area contributed by atoms with Crippen molar-refractivity contribution in [1.29, 1.82) is 0 Å². The van der Waals surface area contributed by atoms with Gasteiger partial charge in [0.2, 0.25) is 0 Å². The number of ether oxygens (including phenoxy) is 1. The smallest absolute Gasteiger partial charge is 0.132 e. The van der Waals surface area contributed by atoms with E-state index in [4.69, 9.17) is 4.74 Å². The van der Waals surface area contributed by atoms with Crippen LogP contribution in [0.2, 0.25) is 0 Å². The van der Waals surface area contributed by atoms with E-state index >= 15 is 0 Å². The first kappa shape index (κ1) is 15.2. The third kappa shape index (κ3) is 5.35. The Kier molecular flexibility index (Phi) is 5.90. The van der Waals surface area contributed by atoms with Crippen molar-refractivity contribution >= 4 is 11.6 Å². The summed E-state index contributed by atoms with van der Waals surface area (Å²) in [7, 11) is 1.70. The van der Waals surface area contributed by atoms with Crippen molar-refractivity contribution in [3.63, 3.8) is 0 Å². The van der Waals surface area contributed by atoms with Crippen molar-refractivity contribution in [3.8, 4) is 0 Å². The first-order valence-electron chi connectivity index (χ1n) is 7.00. The van der Waals surface area contributed by atoms with Crippen LogP contribution in [-0.2, 0) is 11.3 Å². The summed E-state index contributed by atoms with van der Waals surface area (Å²) in [5.74, 6) is 2.35. The van der Waals surface area contributed by atoms with Crippen molar-refractivity contribution < 1.29 is 4.74 Å². The Morgan fingerprint density at radius 3 is 2.67 bits per heavy atom. The maximum Gasteiger partial charge on any atom is 0.132 e. The van der Waals surface area contributed by atoms with Gasteiger partial charge in [-0.1, -0.05) is 6.07 Å². The van der Waals surface area contributed by atoms with Gasteiger partial charge in [0.25, 0.3) is 0 Å². The van der Waals surface area contributed by atoms with Crippen LogP contribution in [0.15, 0.2) is 30.5 Å². The molecule has 21 heavy (non-hydrogen) atoms. The number of aromatic nitrogens is 3. The maximum absolute atomic E-state index is 5.02. The lowest BCUT2D eigenvalue weighted by Crippen LogP contribution is -2.09. The number of nitrogens with zero attached hydrogens (tertiary/aromatic N) is 3. The Morgan fingerprint density at radius 2 is 1.95 bits per heavy atom. The van der Waals surface area contributed by atoms with Gasteiger partial charge in [0.1, 0.15) is 17.5 Å². The Labute approximate surface area is 125 Å². The zero-order chi connectivity index (χ0) is 14.9. The highest BCUT2D eigenvalue weighted by Gasteiger charge is 2.02. The van der Waals surface area contributed by atoms with Crippen LogP contribution in [0.5, 0.6) is 0 Å². The molecular weight excluding hydrogens is 266 g/mol. The van der Waals surface area contributed by atoms with E-state index < -0.39 is 0 Å². The molecule has 2 heterocycles. The first-order valence-corrected chi connectivity index (χ1v) is 7.00. The molecule has 0 spiro atoms. The van der Waals surface area contributed by atoms with E-state index in [2.05, 4.69) is 25.6 Å². The average Bonchev–Trinajstić information content (AvgIpc) is 2.50. The number of pyridine rings is 1. The van der Waals surface area contributed by atoms with Crippen LogP contribution in [0.4, 0.5) is 11.6 Å². The number of aryl methyl sites for hydroxylation is 1. The van der Waals surface area contributed by atoms with E-state index in [0.717, 1.165) is 42.7 Å². The quantitative estimate of drug-likeness (QED) is 0.726. The normalized spacial score (nSPS) is 10.4. The number of methoxy groups -OCH3 is 1. The summed E-state index contributed by atoms with van der Waals surface area (Å²) >= 11 is 0. The Balaban J connectivity index is 1.91. The standard InChI is InChI=1S/C15H21N5O/c1-12-19-14(17-8-5-9-21-2)10-15(20-12)18-11-13-6-3-4-7-16-13/h3-4,6-7,10H,5,8-9,11H2,1-2H3,(H2,17,18,19,20). The lowest BCUT2D eigenvalue weighted by molar-refractivity contribution is 0.198. The fourth-order valence-electron chi connectivity index (χ4n) is 1.87. The molecular formula is C15H21N5O. The van der Waals surface area contributed by atoms with Crippen LogP contribution in [0.1, 0.15) is 17.9 Å². The van der Waals surface area contributed by atoms with Crippen molar-refractivity contribution in [2.45, 2.75) is 19.9 Å². The molecule has 0 amide bonds. The van der Waals surface area contributed by atoms with Gasteiger partial charge in [-0.05, 0) is 25.5 Å². The molecule has 0 aliphatic rings. The van der Waals surface area contributed by atoms with Gasteiger partial charge >= 0.3 is 0 Å². The van der Waals surface area contributed by atoms with E-state index in [9.17, 15) is 0 Å². The van der Waals surface area contributed by atoms with E-state index in [1.54, 1.807) is 13.3 Å². The lowest BCUT2D eigenvalue weighted by Gasteiger charge is -2.10. The van der Waals surface area contributed by atoms with Crippen LogP contribution in [-0.4, -0.2) is 35.2 Å². The highest BCUT2D eigenvalue weighted by molar-refractivity contribution is 5.47. The van der Waals surface area contributed by atoms with Crippen LogP contribution in [0.3, 0.4) is 0 Å². The summed E-state index contributed by atoms with van der Waals surface area (Å²) in [4.78, 5) is 13.0. The molecule has 0 unspecified atom stereocenters. The predicted molar refractivity (Wildman–Crippen MR) is 83.3 cm³/mol. The molecule has 0 bridgehead atoms. The van der Waals surface area contributed by atoms with Gasteiger partial charge < -0.3 is 15.4 Å². The second-order valence-electron chi connectivity index (χ2n) is 4.63. The molecule has 2 N–H and O–H groups in total. The second-order valence-corrected chi connectivity index (χ2v) is 4.63. The monoisotopic (exact) mass is 287 g/mol. The number of hydrogen-bond donors (Lipinski definition) is 2. The fourth-order valence-corrected chi connectivity index (χ4v) is 1.87. The molecule has 6 nitrogen and oxygen atoms in total. The van der Waals surface area contributed by atoms with Gasteiger partial charge in [-0.25, -0.2) is 9.97 Å². The molecule has 0 fully saturated rings. The van der Waals surface area contributed by atoms with E-state index in [-0.39, 0.29) is 0 Å². The summed E-state index contributed by atoms with van der Waals surface area (Å²) in [6.45, 7) is 4.08. The van der Waals surface area contributed by atoms with E-state index in [0.29, 0.717) is 6.54 Å². The molecule has 0 aliphatic carbocycles. The van der Waals surface area contributed by atoms with Crippen molar-refractivity contribution in [3.05, 3.63) is 42.0 Å². The molecule has 0 saturated heterocycles. The Morgan fingerprint density at radius 1 is 1.14 bits per heavy atom. The van der Waals surface area contributed by atoms with Crippen LogP contribution in [0, 0.1) is 6.92 Å². The maximum atomic E-state index is 5.02. The first-order chi connectivity index (χ1) is 10.3. The minimum Gasteiger partial charge on any atom is -0.385 e. The molecule has 2 aromatic heterocycles. The molecule has 0 radical (unpaired) electrons. The summed E-state index contributed by atoms with van der Waals surface area (Å²) < 4.78 is 5.02.